The first kappa shape index (κ1) is 183. The summed E-state index contributed by atoms with van der Waals surface area (Å²) in [5, 5.41) is 100. The van der Waals surface area contributed by atoms with Gasteiger partial charge in [0.05, 0.1) is 0 Å². The van der Waals surface area contributed by atoms with E-state index >= 15 is 0 Å². The summed E-state index contributed by atoms with van der Waals surface area (Å²) in [5.74, 6) is -9.13. The predicted molar refractivity (Wildman–Crippen MR) is 476 cm³/mol. The molecule has 0 unspecified atom stereocenters. The molecule has 0 aliphatic rings. The van der Waals surface area contributed by atoms with Gasteiger partial charge in [-0.05, 0) is 128 Å². The van der Waals surface area contributed by atoms with Gasteiger partial charge in [0.25, 0.3) is 0 Å². The average Bonchev–Trinajstić information content (AvgIpc) is 1.16. The molecular weight excluding hydrogens is 1750 g/mol. The Bertz CT molecular complexity index is 1620. The summed E-state index contributed by atoms with van der Waals surface area (Å²) < 4.78 is 0. The van der Waals surface area contributed by atoms with Crippen molar-refractivity contribution in [3.05, 3.63) is 0 Å². The minimum absolute atomic E-state index is 0. The zero-order chi connectivity index (χ0) is 92.3. The van der Waals surface area contributed by atoms with Crippen molar-refractivity contribution in [2.45, 2.75) is 583 Å². The number of carbonyl (C=O) groups is 10. The first-order valence-corrected chi connectivity index (χ1v) is 49.7. The average molecular weight is 1940 g/mol. The fourth-order valence-electron chi connectivity index (χ4n) is 12.3. The number of carboxylic acid groups (broad SMARTS) is 10. The maximum absolute atomic E-state index is 10.0. The van der Waals surface area contributed by atoms with Gasteiger partial charge in [-0.3, -0.25) is 0 Å². The molecule has 0 spiro atoms. The molecule has 720 valence electrons. The van der Waals surface area contributed by atoms with Gasteiger partial charge in [-0.2, -0.15) is 0 Å². The van der Waals surface area contributed by atoms with E-state index in [0.29, 0.717) is 0 Å². The normalized spacial score (nSPS) is 9.31. The van der Waals surface area contributed by atoms with Crippen molar-refractivity contribution >= 4 is 59.7 Å². The van der Waals surface area contributed by atoms with Gasteiger partial charge in [-0.25, -0.2) is 0 Å². The van der Waals surface area contributed by atoms with Crippen LogP contribution < -0.4 is 347 Å². The van der Waals surface area contributed by atoms with Crippen LogP contribution in [0.1, 0.15) is 583 Å². The summed E-state index contributed by atoms with van der Waals surface area (Å²) in [6, 6.07) is 0. The van der Waals surface area contributed by atoms with Gasteiger partial charge in [0.15, 0.2) is 0 Å². The van der Waals surface area contributed by atoms with Crippen molar-refractivity contribution < 1.29 is 395 Å². The first-order valence-electron chi connectivity index (χ1n) is 49.7. The summed E-state index contributed by atoms with van der Waals surface area (Å²) in [6.45, 7) is 21.9. The molecule has 0 bridgehead atoms. The molecular formula is C100H190Na10O20. The van der Waals surface area contributed by atoms with Gasteiger partial charge >= 0.3 is 296 Å². The number of unbranched alkanes of at least 4 members (excludes halogenated alkanes) is 60. The SMILES string of the molecule is CCCCCCCCCC(=O)[O-].CCCCCCCCCC(=O)[O-].CCCCCCCCCC(=O)[O-].CCCCCCCCCC(=O)[O-].CCCCCCCCCC(=O)[O-].CCCCCCCCCC(=O)[O-].CCCCCCCCCC(=O)[O-].CCCCCCCCCC(=O)[O-].CCCCCCCCCC(=O)[O-].CCCCCCCCCC(=O)[O-].[Na+].[Na+].[Na+].[Na+].[Na+].[Na+].[Na+].[Na+].[Na+].[Na+]. The van der Waals surface area contributed by atoms with E-state index in [9.17, 15) is 99.0 Å². The molecule has 0 radical (unpaired) electrons. The van der Waals surface area contributed by atoms with Crippen LogP contribution in [0.25, 0.3) is 0 Å². The van der Waals surface area contributed by atoms with E-state index in [0.717, 1.165) is 128 Å². The second kappa shape index (κ2) is 179. The molecule has 0 aliphatic heterocycles. The van der Waals surface area contributed by atoms with Crippen LogP contribution in [0.3, 0.4) is 0 Å². The molecule has 0 amide bonds. The van der Waals surface area contributed by atoms with E-state index in [2.05, 4.69) is 69.2 Å². The zero-order valence-corrected chi connectivity index (χ0v) is 110. The topological polar surface area (TPSA) is 401 Å². The molecule has 0 saturated carbocycles. The van der Waals surface area contributed by atoms with Gasteiger partial charge in [0, 0.05) is 59.7 Å². The van der Waals surface area contributed by atoms with Gasteiger partial charge in [0.2, 0.25) is 0 Å². The second-order valence-electron chi connectivity index (χ2n) is 32.4. The van der Waals surface area contributed by atoms with E-state index < -0.39 is 59.7 Å². The molecule has 0 heterocycles. The molecule has 0 aromatic rings. The molecule has 0 aliphatic carbocycles. The monoisotopic (exact) mass is 1940 g/mol. The smallest absolute Gasteiger partial charge is 0.550 e. The zero-order valence-electron chi connectivity index (χ0n) is 89.7. The van der Waals surface area contributed by atoms with Crippen LogP contribution in [0.5, 0.6) is 0 Å². The van der Waals surface area contributed by atoms with Crippen molar-refractivity contribution in [3.8, 4) is 0 Å². The minimum atomic E-state index is -0.913. The van der Waals surface area contributed by atoms with Crippen LogP contribution in [-0.2, 0) is 47.9 Å². The summed E-state index contributed by atoms with van der Waals surface area (Å²) in [4.78, 5) is 100. The van der Waals surface area contributed by atoms with E-state index in [1.165, 1.54) is 321 Å². The molecule has 0 atom stereocenters. The Kier molecular flexibility index (Phi) is 252. The molecule has 30 heteroatoms. The first-order chi connectivity index (χ1) is 57.7. The van der Waals surface area contributed by atoms with Crippen LogP contribution in [-0.4, -0.2) is 59.7 Å². The standard InChI is InChI=1S/10C10H20O2.10Na/c10*1-2-3-4-5-6-7-8-9-10(11)12;;;;;;;;;;/h10*2-9H2,1H3,(H,11,12);;;;;;;;;;/q;;;;;;;;;;10*+1/p-10. The van der Waals surface area contributed by atoms with E-state index in [1.807, 2.05) is 0 Å². The van der Waals surface area contributed by atoms with Crippen LogP contribution in [0.4, 0.5) is 0 Å². The van der Waals surface area contributed by atoms with Crippen molar-refractivity contribution in [1.29, 1.82) is 0 Å². The minimum Gasteiger partial charge on any atom is -0.550 e. The Hall–Kier alpha value is 4.70. The Morgan fingerprint density at radius 2 is 0.146 bits per heavy atom. The third-order valence-corrected chi connectivity index (χ3v) is 19.8. The predicted octanol–water partition coefficient (Wildman–Crippen LogP) is -11.2. The molecule has 0 saturated heterocycles. The van der Waals surface area contributed by atoms with Crippen LogP contribution in [0.15, 0.2) is 0 Å². The maximum atomic E-state index is 10.0. The fourth-order valence-corrected chi connectivity index (χ4v) is 12.3. The number of carboxylic acids is 10. The molecule has 0 aromatic carbocycles. The van der Waals surface area contributed by atoms with E-state index in [-0.39, 0.29) is 360 Å². The molecule has 20 nitrogen and oxygen atoms in total. The summed E-state index contributed by atoms with van der Waals surface area (Å²) in [5.41, 5.74) is 0. The molecule has 0 N–H and O–H groups in total. The molecule has 130 heavy (non-hydrogen) atoms. The van der Waals surface area contributed by atoms with Gasteiger partial charge in [0.1, 0.15) is 0 Å². The fraction of sp³-hybridized carbons (Fsp3) is 0.900. The quantitative estimate of drug-likeness (QED) is 0.0403. The largest absolute Gasteiger partial charge is 1.00 e. The second-order valence-corrected chi connectivity index (χ2v) is 32.4. The summed E-state index contributed by atoms with van der Waals surface area (Å²) in [7, 11) is 0. The van der Waals surface area contributed by atoms with Crippen LogP contribution >= 0.6 is 0 Å². The number of rotatable bonds is 80. The number of hydrogen-bond donors (Lipinski definition) is 0. The van der Waals surface area contributed by atoms with E-state index in [4.69, 9.17) is 0 Å². The number of carbonyl (C=O) groups excluding carboxylic acids is 10. The van der Waals surface area contributed by atoms with Gasteiger partial charge < -0.3 is 99.0 Å². The Balaban J connectivity index is -0.0000000570. The van der Waals surface area contributed by atoms with Gasteiger partial charge in [-0.15, -0.1) is 0 Å². The summed E-state index contributed by atoms with van der Waals surface area (Å²) in [6.07, 6.45) is 83.4. The van der Waals surface area contributed by atoms with E-state index in [1.54, 1.807) is 0 Å². The van der Waals surface area contributed by atoms with Crippen LogP contribution in [0, 0.1) is 0 Å². The van der Waals surface area contributed by atoms with Crippen molar-refractivity contribution in [1.82, 2.24) is 0 Å². The maximum Gasteiger partial charge on any atom is 1.00 e. The Morgan fingerprint density at radius 3 is 0.192 bits per heavy atom. The molecule has 0 fully saturated rings. The Labute approximate surface area is 1020 Å². The summed E-state index contributed by atoms with van der Waals surface area (Å²) >= 11 is 0. The number of hydrogen-bond acceptors (Lipinski definition) is 20. The molecule has 0 rings (SSSR count). The number of aliphatic carboxylic acids is 10. The van der Waals surface area contributed by atoms with Crippen molar-refractivity contribution in [2.24, 2.45) is 0 Å². The molecule has 0 aromatic heterocycles. The van der Waals surface area contributed by atoms with Crippen molar-refractivity contribution in [3.63, 3.8) is 0 Å². The third kappa shape index (κ3) is 257. The Morgan fingerprint density at radius 1 is 0.100 bits per heavy atom. The van der Waals surface area contributed by atoms with Gasteiger partial charge in [-0.1, -0.05) is 454 Å². The third-order valence-electron chi connectivity index (χ3n) is 19.8. The van der Waals surface area contributed by atoms with Crippen molar-refractivity contribution in [2.75, 3.05) is 0 Å². The van der Waals surface area contributed by atoms with Crippen LogP contribution in [0.2, 0.25) is 0 Å².